The number of carbonyl (C=O) groups is 9. The lowest BCUT2D eigenvalue weighted by Crippen LogP contribution is -2.62. The van der Waals surface area contributed by atoms with Crippen molar-refractivity contribution in [2.45, 2.75) is 181 Å². The summed E-state index contributed by atoms with van der Waals surface area (Å²) in [6.45, 7) is 15.1. The second-order valence-electron chi connectivity index (χ2n) is 20.6. The van der Waals surface area contributed by atoms with Gasteiger partial charge in [0.25, 0.3) is 0 Å². The topological polar surface area (TPSA) is 374 Å². The molecule has 1 aliphatic rings. The summed E-state index contributed by atoms with van der Waals surface area (Å²) in [5.41, 5.74) is 12.1. The number of hydrogen-bond donors (Lipinski definition) is 13. The van der Waals surface area contributed by atoms with E-state index in [0.717, 1.165) is 0 Å². The highest BCUT2D eigenvalue weighted by atomic mass is 16.4. The molecule has 23 nitrogen and oxygen atoms in total. The summed E-state index contributed by atoms with van der Waals surface area (Å²) in [6, 6.07) is -5.77. The normalized spacial score (nSPS) is 17.3. The van der Waals surface area contributed by atoms with Gasteiger partial charge in [0.2, 0.25) is 47.3 Å². The Morgan fingerprint density at radius 1 is 0.630 bits per heavy atom. The summed E-state index contributed by atoms with van der Waals surface area (Å²) in [5.74, 6) is -8.56. The number of carboxylic acid groups (broad SMARTS) is 1. The van der Waals surface area contributed by atoms with E-state index < -0.39 is 126 Å². The summed E-state index contributed by atoms with van der Waals surface area (Å²) in [5, 5.41) is 58.1. The number of nitrogens with zero attached hydrogens (tertiary/aromatic N) is 1. The van der Waals surface area contributed by atoms with E-state index in [1.807, 2.05) is 27.7 Å². The number of benzene rings is 1. The monoisotopic (exact) mass is 1030 g/mol. The lowest BCUT2D eigenvalue weighted by molar-refractivity contribution is -0.147. The summed E-state index contributed by atoms with van der Waals surface area (Å²) >= 11 is 0. The third-order valence-electron chi connectivity index (χ3n) is 12.3. The van der Waals surface area contributed by atoms with E-state index in [4.69, 9.17) is 11.5 Å². The number of nitrogens with one attached hydrogen (secondary N) is 7. The molecule has 1 aromatic carbocycles. The molecule has 0 aliphatic carbocycles. The van der Waals surface area contributed by atoms with Gasteiger partial charge in [0.05, 0.1) is 18.8 Å². The van der Waals surface area contributed by atoms with E-state index in [1.54, 1.807) is 27.7 Å². The second-order valence-corrected chi connectivity index (χ2v) is 20.6. The molecule has 15 N–H and O–H groups in total. The number of carbonyl (C=O) groups excluding carboxylic acids is 8. The summed E-state index contributed by atoms with van der Waals surface area (Å²) in [4.78, 5) is 124. The number of unbranched alkanes of at least 4 members (excludes halogenated alkanes) is 1. The van der Waals surface area contributed by atoms with Crippen molar-refractivity contribution >= 4 is 53.2 Å². The molecule has 0 aromatic heterocycles. The van der Waals surface area contributed by atoms with Crippen molar-refractivity contribution in [2.24, 2.45) is 35.1 Å². The number of hydrogen-bond acceptors (Lipinski definition) is 14. The summed E-state index contributed by atoms with van der Waals surface area (Å²) < 4.78 is 0. The molecule has 1 aliphatic heterocycles. The predicted molar refractivity (Wildman–Crippen MR) is 271 cm³/mol. The van der Waals surface area contributed by atoms with E-state index in [0.29, 0.717) is 37.8 Å². The van der Waals surface area contributed by atoms with Crippen LogP contribution in [0.25, 0.3) is 0 Å². The Balaban J connectivity index is 2.37. The summed E-state index contributed by atoms with van der Waals surface area (Å²) in [6.07, 6.45) is 1.06. The Kier molecular flexibility index (Phi) is 26.8. The Bertz CT molecular complexity index is 2000. The van der Waals surface area contributed by atoms with Gasteiger partial charge in [-0.1, -0.05) is 73.9 Å². The molecule has 23 heteroatoms. The first kappa shape index (κ1) is 63.2. The number of aromatic hydroxyl groups is 1. The predicted octanol–water partition coefficient (Wildman–Crippen LogP) is -0.972. The fourth-order valence-electron chi connectivity index (χ4n) is 8.30. The van der Waals surface area contributed by atoms with Crippen molar-refractivity contribution in [1.82, 2.24) is 42.1 Å². The molecule has 1 heterocycles. The SMILES string of the molecule is CC(C)C[C@H](NC(=O)[C@H](CC(C)C)NC(=O)[C@@H](N)CCCCN)C(=O)N[C@H](C(=O)N[C@@H](CO)C(=O)N[C@@H](Cc1ccc(O)cc1)C(=O)N[C@@H](CC(C)C)C(=O)N1CCC[C@H]1C(=O)N[C@H](C(=O)O)[C@@H](C)O)C(C)C. The number of phenolic OH excluding ortho intramolecular Hbond substituents is 1. The van der Waals surface area contributed by atoms with E-state index in [2.05, 4.69) is 37.2 Å². The van der Waals surface area contributed by atoms with Crippen LogP contribution in [-0.2, 0) is 49.6 Å². The van der Waals surface area contributed by atoms with Crippen molar-refractivity contribution < 1.29 is 63.6 Å². The van der Waals surface area contributed by atoms with Gasteiger partial charge in [-0.2, -0.15) is 0 Å². The number of aliphatic hydroxyl groups excluding tert-OH is 2. The van der Waals surface area contributed by atoms with E-state index >= 15 is 0 Å². The first-order chi connectivity index (χ1) is 34.2. The lowest BCUT2D eigenvalue weighted by atomic mass is 9.98. The Morgan fingerprint density at radius 2 is 1.11 bits per heavy atom. The maximum atomic E-state index is 14.3. The highest BCUT2D eigenvalue weighted by Crippen LogP contribution is 2.22. The van der Waals surface area contributed by atoms with Crippen LogP contribution in [0.5, 0.6) is 5.75 Å². The van der Waals surface area contributed by atoms with Gasteiger partial charge in [0, 0.05) is 13.0 Å². The average molecular weight is 1030 g/mol. The molecule has 10 atom stereocenters. The molecule has 1 aromatic rings. The van der Waals surface area contributed by atoms with Crippen LogP contribution < -0.4 is 48.7 Å². The van der Waals surface area contributed by atoms with Gasteiger partial charge >= 0.3 is 5.97 Å². The second kappa shape index (κ2) is 31.0. The fourth-order valence-corrected chi connectivity index (χ4v) is 8.30. The maximum Gasteiger partial charge on any atom is 0.328 e. The van der Waals surface area contributed by atoms with Gasteiger partial charge in [-0.15, -0.1) is 0 Å². The van der Waals surface area contributed by atoms with Gasteiger partial charge in [0.15, 0.2) is 6.04 Å². The van der Waals surface area contributed by atoms with Crippen molar-refractivity contribution in [3.05, 3.63) is 29.8 Å². The van der Waals surface area contributed by atoms with Gasteiger partial charge in [-0.25, -0.2) is 4.79 Å². The van der Waals surface area contributed by atoms with E-state index in [1.165, 1.54) is 36.1 Å². The van der Waals surface area contributed by atoms with Crippen LogP contribution >= 0.6 is 0 Å². The number of aliphatic carboxylic acids is 1. The van der Waals surface area contributed by atoms with Crippen LogP contribution in [0, 0.1) is 23.7 Å². The molecule has 0 saturated carbocycles. The number of likely N-dealkylation sites (tertiary alicyclic amines) is 1. The quantitative estimate of drug-likeness (QED) is 0.0398. The van der Waals surface area contributed by atoms with Gasteiger partial charge in [-0.3, -0.25) is 38.4 Å². The first-order valence-corrected chi connectivity index (χ1v) is 25.4. The molecular weight excluding hydrogens is 949 g/mol. The zero-order valence-corrected chi connectivity index (χ0v) is 43.9. The van der Waals surface area contributed by atoms with Crippen molar-refractivity contribution in [2.75, 3.05) is 19.7 Å². The van der Waals surface area contributed by atoms with Gasteiger partial charge in [-0.05, 0) is 99.8 Å². The third-order valence-corrected chi connectivity index (χ3v) is 12.3. The summed E-state index contributed by atoms with van der Waals surface area (Å²) in [7, 11) is 0. The molecule has 0 bridgehead atoms. The maximum absolute atomic E-state index is 14.3. The zero-order chi connectivity index (χ0) is 55.3. The molecular formula is C50H84N10O13. The van der Waals surface area contributed by atoms with Crippen LogP contribution in [0.15, 0.2) is 24.3 Å². The molecule has 0 unspecified atom stereocenters. The fraction of sp³-hybridized carbons (Fsp3) is 0.700. The van der Waals surface area contributed by atoms with Gasteiger partial charge < -0.3 is 74.0 Å². The third kappa shape index (κ3) is 21.2. The molecule has 1 fully saturated rings. The highest BCUT2D eigenvalue weighted by molar-refractivity contribution is 5.98. The number of phenols is 1. The molecule has 0 spiro atoms. The number of nitrogens with two attached hydrogens (primary N) is 2. The minimum atomic E-state index is -1.68. The number of rotatable bonds is 31. The number of aliphatic hydroxyl groups is 2. The Labute approximate surface area is 428 Å². The molecule has 73 heavy (non-hydrogen) atoms. The molecule has 0 radical (unpaired) electrons. The van der Waals surface area contributed by atoms with Crippen molar-refractivity contribution in [1.29, 1.82) is 0 Å². The molecule has 2 rings (SSSR count). The average Bonchev–Trinajstić information content (AvgIpc) is 3.80. The largest absolute Gasteiger partial charge is 0.508 e. The smallest absolute Gasteiger partial charge is 0.328 e. The van der Waals surface area contributed by atoms with E-state index in [9.17, 15) is 63.6 Å². The minimum Gasteiger partial charge on any atom is -0.508 e. The Morgan fingerprint density at radius 3 is 1.62 bits per heavy atom. The van der Waals surface area contributed by atoms with Crippen molar-refractivity contribution in [3.8, 4) is 5.75 Å². The van der Waals surface area contributed by atoms with Crippen molar-refractivity contribution in [3.63, 3.8) is 0 Å². The molecule has 8 amide bonds. The Hall–Kier alpha value is -5.91. The zero-order valence-electron chi connectivity index (χ0n) is 43.9. The van der Waals surface area contributed by atoms with E-state index in [-0.39, 0.29) is 62.2 Å². The van der Waals surface area contributed by atoms with Crippen LogP contribution in [0.4, 0.5) is 0 Å². The number of carboxylic acids is 1. The van der Waals surface area contributed by atoms with Crippen LogP contribution in [0.1, 0.15) is 119 Å². The standard InChI is InChI=1S/C50H84N10O13/c1-26(2)21-34(53-42(64)33(52)13-10-11-19-51)43(65)54-35(22-27(3)4)45(67)58-40(29(7)8)48(70)57-38(25-61)46(68)55-36(24-31-15-17-32(63)18-16-31)44(66)56-37(23-28(5)6)49(71)60-20-12-14-39(60)47(69)59-41(30(9)62)50(72)73/h15-18,26-30,33-41,61-63H,10-14,19-25,51-52H2,1-9H3,(H,53,64)(H,54,65)(H,55,68)(H,56,66)(H,57,70)(H,58,67)(H,59,69)(H,72,73)/t30-,33+,34+,35+,36+,37+,38+,39+,40+,41+/m1/s1. The van der Waals surface area contributed by atoms with Crippen LogP contribution in [-0.4, -0.2) is 159 Å². The first-order valence-electron chi connectivity index (χ1n) is 25.4. The molecule has 1 saturated heterocycles. The lowest BCUT2D eigenvalue weighted by Gasteiger charge is -2.31. The number of amides is 8. The minimum absolute atomic E-state index is 0.0362. The van der Waals surface area contributed by atoms with Gasteiger partial charge in [0.1, 0.15) is 48.0 Å². The highest BCUT2D eigenvalue weighted by Gasteiger charge is 2.41. The molecule has 412 valence electrons. The van der Waals surface area contributed by atoms with Crippen LogP contribution in [0.2, 0.25) is 0 Å². The van der Waals surface area contributed by atoms with Crippen LogP contribution in [0.3, 0.4) is 0 Å².